The summed E-state index contributed by atoms with van der Waals surface area (Å²) in [6.07, 6.45) is 6.12. The molecule has 0 heterocycles. The van der Waals surface area contributed by atoms with Crippen molar-refractivity contribution in [2.24, 2.45) is 11.7 Å². The first kappa shape index (κ1) is 15.7. The molecule has 0 aromatic heterocycles. The lowest BCUT2D eigenvalue weighted by atomic mass is 9.86. The van der Waals surface area contributed by atoms with Gasteiger partial charge >= 0.3 is 0 Å². The summed E-state index contributed by atoms with van der Waals surface area (Å²) in [5.74, 6) is 0.877. The fourth-order valence-corrected chi connectivity index (χ4v) is 3.38. The van der Waals surface area contributed by atoms with Crippen LogP contribution in [0, 0.1) is 5.92 Å². The molecule has 0 amide bonds. The molecule has 0 bridgehead atoms. The molecule has 1 fully saturated rings. The van der Waals surface area contributed by atoms with Gasteiger partial charge in [-0.05, 0) is 62.6 Å². The molecule has 1 aliphatic carbocycles. The summed E-state index contributed by atoms with van der Waals surface area (Å²) in [7, 11) is 2.21. The van der Waals surface area contributed by atoms with E-state index in [1.807, 2.05) is 6.07 Å². The molecule has 1 unspecified atom stereocenters. The van der Waals surface area contributed by atoms with Gasteiger partial charge in [-0.15, -0.1) is 0 Å². The first-order valence-corrected chi connectivity index (χ1v) is 8.12. The van der Waals surface area contributed by atoms with Crippen molar-refractivity contribution in [3.63, 3.8) is 0 Å². The van der Waals surface area contributed by atoms with Crippen LogP contribution in [-0.2, 0) is 6.42 Å². The number of halogens is 1. The van der Waals surface area contributed by atoms with Gasteiger partial charge < -0.3 is 10.6 Å². The predicted octanol–water partition coefficient (Wildman–Crippen LogP) is 4.24. The minimum atomic E-state index is 0.176. The largest absolute Gasteiger partial charge is 0.371 e. The minimum absolute atomic E-state index is 0.176. The Balaban J connectivity index is 2.19. The zero-order valence-corrected chi connectivity index (χ0v) is 13.7. The molecule has 2 rings (SSSR count). The summed E-state index contributed by atoms with van der Waals surface area (Å²) >= 11 is 6.20. The summed E-state index contributed by atoms with van der Waals surface area (Å²) in [6, 6.07) is 7.01. The fourth-order valence-electron chi connectivity index (χ4n) is 3.21. The molecule has 0 spiro atoms. The summed E-state index contributed by atoms with van der Waals surface area (Å²) in [4.78, 5) is 2.43. The Bertz CT molecular complexity index is 437. The smallest absolute Gasteiger partial charge is 0.0426 e. The van der Waals surface area contributed by atoms with Crippen LogP contribution in [0.3, 0.4) is 0 Å². The van der Waals surface area contributed by atoms with Crippen molar-refractivity contribution in [2.45, 2.75) is 58.0 Å². The van der Waals surface area contributed by atoms with Gasteiger partial charge in [0.2, 0.25) is 0 Å². The van der Waals surface area contributed by atoms with E-state index in [9.17, 15) is 0 Å². The molecule has 1 saturated carbocycles. The number of hydrogen-bond acceptors (Lipinski definition) is 2. The van der Waals surface area contributed by atoms with E-state index in [-0.39, 0.29) is 6.04 Å². The van der Waals surface area contributed by atoms with Gasteiger partial charge in [0.1, 0.15) is 0 Å². The Morgan fingerprint density at radius 2 is 1.95 bits per heavy atom. The molecule has 1 aromatic rings. The standard InChI is InChI=1S/C17H27ClN2/c1-12-4-8-16(9-5-12)20(3)17-11-15(18)7-6-14(17)10-13(2)19/h6-7,11-13,16H,4-5,8-10,19H2,1-3H3. The summed E-state index contributed by atoms with van der Waals surface area (Å²) in [5, 5.41) is 0.810. The summed E-state index contributed by atoms with van der Waals surface area (Å²) in [6.45, 7) is 4.41. The van der Waals surface area contributed by atoms with Crippen LogP contribution < -0.4 is 10.6 Å². The van der Waals surface area contributed by atoms with Gasteiger partial charge in [-0.25, -0.2) is 0 Å². The quantitative estimate of drug-likeness (QED) is 0.900. The number of rotatable bonds is 4. The molecule has 3 heteroatoms. The van der Waals surface area contributed by atoms with Crippen LogP contribution in [0.15, 0.2) is 18.2 Å². The molecule has 0 aliphatic heterocycles. The Kier molecular flexibility index (Phi) is 5.34. The average molecular weight is 295 g/mol. The van der Waals surface area contributed by atoms with Crippen molar-refractivity contribution in [3.05, 3.63) is 28.8 Å². The average Bonchev–Trinajstić information content (AvgIpc) is 2.40. The van der Waals surface area contributed by atoms with Gasteiger partial charge in [0.25, 0.3) is 0 Å². The fraction of sp³-hybridized carbons (Fsp3) is 0.647. The third-order valence-electron chi connectivity index (χ3n) is 4.50. The summed E-state index contributed by atoms with van der Waals surface area (Å²) < 4.78 is 0. The molecule has 1 aromatic carbocycles. The van der Waals surface area contributed by atoms with Crippen LogP contribution in [0.2, 0.25) is 5.02 Å². The first-order chi connectivity index (χ1) is 9.47. The monoisotopic (exact) mass is 294 g/mol. The zero-order chi connectivity index (χ0) is 14.7. The van der Waals surface area contributed by atoms with Gasteiger partial charge in [0.05, 0.1) is 0 Å². The van der Waals surface area contributed by atoms with Crippen molar-refractivity contribution >= 4 is 17.3 Å². The third kappa shape index (κ3) is 3.89. The van der Waals surface area contributed by atoms with Crippen molar-refractivity contribution < 1.29 is 0 Å². The molecule has 0 saturated heterocycles. The highest BCUT2D eigenvalue weighted by Crippen LogP contribution is 2.32. The molecule has 2 N–H and O–H groups in total. The van der Waals surface area contributed by atoms with E-state index in [2.05, 4.69) is 37.9 Å². The lowest BCUT2D eigenvalue weighted by Crippen LogP contribution is -2.35. The second kappa shape index (κ2) is 6.82. The highest BCUT2D eigenvalue weighted by molar-refractivity contribution is 6.30. The van der Waals surface area contributed by atoms with E-state index in [1.54, 1.807) is 0 Å². The maximum absolute atomic E-state index is 6.20. The first-order valence-electron chi connectivity index (χ1n) is 7.74. The highest BCUT2D eigenvalue weighted by atomic mass is 35.5. The van der Waals surface area contributed by atoms with E-state index in [0.29, 0.717) is 6.04 Å². The zero-order valence-electron chi connectivity index (χ0n) is 12.9. The maximum Gasteiger partial charge on any atom is 0.0426 e. The van der Waals surface area contributed by atoms with Crippen LogP contribution in [0.4, 0.5) is 5.69 Å². The van der Waals surface area contributed by atoms with Crippen molar-refractivity contribution in [1.82, 2.24) is 0 Å². The van der Waals surface area contributed by atoms with Crippen LogP contribution >= 0.6 is 11.6 Å². The van der Waals surface area contributed by atoms with Gasteiger partial charge in [0, 0.05) is 29.8 Å². The van der Waals surface area contributed by atoms with Gasteiger partial charge in [0.15, 0.2) is 0 Å². The Morgan fingerprint density at radius 1 is 1.30 bits per heavy atom. The Labute approximate surface area is 128 Å². The van der Waals surface area contributed by atoms with Crippen LogP contribution in [-0.4, -0.2) is 19.1 Å². The van der Waals surface area contributed by atoms with E-state index < -0.39 is 0 Å². The normalized spacial score (nSPS) is 24.4. The molecule has 20 heavy (non-hydrogen) atoms. The van der Waals surface area contributed by atoms with Gasteiger partial charge in [-0.3, -0.25) is 0 Å². The third-order valence-corrected chi connectivity index (χ3v) is 4.74. The predicted molar refractivity (Wildman–Crippen MR) is 88.6 cm³/mol. The van der Waals surface area contributed by atoms with Crippen LogP contribution in [0.5, 0.6) is 0 Å². The second-order valence-electron chi connectivity index (χ2n) is 6.48. The number of nitrogens with zero attached hydrogens (tertiary/aromatic N) is 1. The Hall–Kier alpha value is -0.730. The van der Waals surface area contributed by atoms with Crippen LogP contribution in [0.1, 0.15) is 45.1 Å². The number of benzene rings is 1. The minimum Gasteiger partial charge on any atom is -0.371 e. The number of hydrogen-bond donors (Lipinski definition) is 1. The molecule has 112 valence electrons. The van der Waals surface area contributed by atoms with Crippen molar-refractivity contribution in [2.75, 3.05) is 11.9 Å². The molecule has 0 radical (unpaired) electrons. The maximum atomic E-state index is 6.20. The number of anilines is 1. The van der Waals surface area contributed by atoms with Crippen molar-refractivity contribution in [1.29, 1.82) is 0 Å². The molecule has 1 aliphatic rings. The van der Waals surface area contributed by atoms with E-state index in [1.165, 1.54) is 36.9 Å². The van der Waals surface area contributed by atoms with Crippen molar-refractivity contribution in [3.8, 4) is 0 Å². The molecule has 2 nitrogen and oxygen atoms in total. The van der Waals surface area contributed by atoms with E-state index in [4.69, 9.17) is 17.3 Å². The van der Waals surface area contributed by atoms with Crippen LogP contribution in [0.25, 0.3) is 0 Å². The molecule has 1 atom stereocenters. The van der Waals surface area contributed by atoms with Gasteiger partial charge in [-0.2, -0.15) is 0 Å². The lowest BCUT2D eigenvalue weighted by molar-refractivity contribution is 0.340. The summed E-state index contributed by atoms with van der Waals surface area (Å²) in [5.41, 5.74) is 8.55. The van der Waals surface area contributed by atoms with E-state index >= 15 is 0 Å². The van der Waals surface area contributed by atoms with E-state index in [0.717, 1.165) is 17.4 Å². The molecular weight excluding hydrogens is 268 g/mol. The second-order valence-corrected chi connectivity index (χ2v) is 6.92. The Morgan fingerprint density at radius 3 is 2.55 bits per heavy atom. The topological polar surface area (TPSA) is 29.3 Å². The highest BCUT2D eigenvalue weighted by Gasteiger charge is 2.23. The van der Waals surface area contributed by atoms with Gasteiger partial charge in [-0.1, -0.05) is 24.6 Å². The SMILES string of the molecule is CC(N)Cc1ccc(Cl)cc1N(C)C1CCC(C)CC1. The molecular formula is C17H27ClN2. The lowest BCUT2D eigenvalue weighted by Gasteiger charge is -2.36. The number of nitrogens with two attached hydrogens (primary N) is 1.